The highest BCUT2D eigenvalue weighted by atomic mass is 35.5. The topological polar surface area (TPSA) is 46.1 Å². The minimum absolute atomic E-state index is 0.147. The fourth-order valence-electron chi connectivity index (χ4n) is 2.25. The Hall–Kier alpha value is -1.46. The first kappa shape index (κ1) is 17.9. The Morgan fingerprint density at radius 3 is 2.57 bits per heavy atom. The second-order valence-corrected chi connectivity index (χ2v) is 5.98. The van der Waals surface area contributed by atoms with Gasteiger partial charge >= 0.3 is 0 Å². The number of nitrogens with two attached hydrogens (primary N) is 1. The molecule has 23 heavy (non-hydrogen) atoms. The molecule has 2 rings (SSSR count). The maximum Gasteiger partial charge on any atom is 0.126 e. The Kier molecular flexibility index (Phi) is 6.99. The monoisotopic (exact) mass is 338 g/mol. The van der Waals surface area contributed by atoms with Crippen molar-refractivity contribution in [3.63, 3.8) is 0 Å². The molecule has 0 saturated carbocycles. The Morgan fingerprint density at radius 1 is 1.17 bits per heavy atom. The van der Waals surface area contributed by atoms with Crippen LogP contribution in [-0.2, 0) is 11.3 Å². The van der Waals surface area contributed by atoms with Gasteiger partial charge in [0.05, 0.1) is 13.2 Å². The van der Waals surface area contributed by atoms with Crippen LogP contribution < -0.4 is 5.32 Å². The molecule has 0 bridgehead atoms. The first-order chi connectivity index (χ1) is 11.1. The molecule has 0 aromatic heterocycles. The largest absolute Gasteiger partial charge is 0.385 e. The van der Waals surface area contributed by atoms with Crippen LogP contribution in [0.25, 0.3) is 0 Å². The van der Waals surface area contributed by atoms with Crippen LogP contribution in [0.1, 0.15) is 24.1 Å². The Balaban J connectivity index is 1.69. The molecule has 0 aliphatic carbocycles. The molecule has 0 unspecified atom stereocenters. The number of aliphatic hydroxyl groups excluding tert-OH is 1. The number of halogens is 2. The van der Waals surface area contributed by atoms with Crippen LogP contribution in [0.5, 0.6) is 0 Å². The maximum atomic E-state index is 12.9. The van der Waals surface area contributed by atoms with Crippen molar-refractivity contribution >= 4 is 11.6 Å². The van der Waals surface area contributed by atoms with Crippen molar-refractivity contribution in [2.24, 2.45) is 0 Å². The van der Waals surface area contributed by atoms with E-state index in [0.717, 1.165) is 11.1 Å². The van der Waals surface area contributed by atoms with Gasteiger partial charge in [-0.25, -0.2) is 4.39 Å². The molecule has 0 radical (unpaired) electrons. The smallest absolute Gasteiger partial charge is 0.126 e. The van der Waals surface area contributed by atoms with Crippen LogP contribution in [0.4, 0.5) is 4.39 Å². The van der Waals surface area contributed by atoms with E-state index in [2.05, 4.69) is 0 Å². The van der Waals surface area contributed by atoms with Gasteiger partial charge in [-0.15, -0.1) is 0 Å². The first-order valence-corrected chi connectivity index (χ1v) is 8.02. The Morgan fingerprint density at radius 2 is 1.87 bits per heavy atom. The van der Waals surface area contributed by atoms with E-state index in [-0.39, 0.29) is 18.5 Å². The van der Waals surface area contributed by atoms with Crippen molar-refractivity contribution in [3.8, 4) is 0 Å². The molecule has 0 aliphatic heterocycles. The van der Waals surface area contributed by atoms with Crippen LogP contribution in [0, 0.1) is 5.82 Å². The summed E-state index contributed by atoms with van der Waals surface area (Å²) in [6.45, 7) is 3.16. The van der Waals surface area contributed by atoms with Gasteiger partial charge in [0.1, 0.15) is 24.5 Å². The van der Waals surface area contributed by atoms with Gasteiger partial charge in [-0.3, -0.25) is 0 Å². The fraction of sp³-hybridized carbons (Fsp3) is 0.333. The summed E-state index contributed by atoms with van der Waals surface area (Å²) >= 11 is 6.05. The third-order valence-electron chi connectivity index (χ3n) is 3.68. The number of aliphatic hydroxyl groups is 1. The van der Waals surface area contributed by atoms with E-state index < -0.39 is 6.10 Å². The maximum absolute atomic E-state index is 12.9. The first-order valence-electron chi connectivity index (χ1n) is 7.64. The molecule has 0 heterocycles. The van der Waals surface area contributed by atoms with Crippen molar-refractivity contribution in [2.45, 2.75) is 25.7 Å². The minimum atomic E-state index is -0.569. The number of hydrogen-bond acceptors (Lipinski definition) is 2. The molecule has 3 N–H and O–H groups in total. The summed E-state index contributed by atoms with van der Waals surface area (Å²) in [4.78, 5) is 0. The summed E-state index contributed by atoms with van der Waals surface area (Å²) in [5, 5.41) is 12.7. The fourth-order valence-corrected chi connectivity index (χ4v) is 2.44. The molecule has 124 valence electrons. The highest BCUT2D eigenvalue weighted by Gasteiger charge is 2.13. The van der Waals surface area contributed by atoms with E-state index in [0.29, 0.717) is 18.2 Å². The summed E-state index contributed by atoms with van der Waals surface area (Å²) in [5.41, 5.74) is 1.93. The average Bonchev–Trinajstić information content (AvgIpc) is 2.55. The summed E-state index contributed by atoms with van der Waals surface area (Å²) in [7, 11) is 0. The predicted molar refractivity (Wildman–Crippen MR) is 88.7 cm³/mol. The molecule has 0 aliphatic rings. The molecule has 2 aromatic rings. The van der Waals surface area contributed by atoms with Crippen LogP contribution in [0.15, 0.2) is 48.5 Å². The lowest BCUT2D eigenvalue weighted by molar-refractivity contribution is -0.698. The van der Waals surface area contributed by atoms with Gasteiger partial charge in [0, 0.05) is 10.6 Å². The lowest BCUT2D eigenvalue weighted by atomic mass is 10.1. The van der Waals surface area contributed by atoms with Crippen molar-refractivity contribution in [3.05, 3.63) is 70.5 Å². The quantitative estimate of drug-likeness (QED) is 0.777. The van der Waals surface area contributed by atoms with Crippen LogP contribution >= 0.6 is 11.6 Å². The van der Waals surface area contributed by atoms with Gasteiger partial charge in [-0.05, 0) is 30.7 Å². The zero-order chi connectivity index (χ0) is 16.7. The van der Waals surface area contributed by atoms with E-state index in [9.17, 15) is 9.50 Å². The van der Waals surface area contributed by atoms with Crippen LogP contribution in [0.3, 0.4) is 0 Å². The number of quaternary nitrogens is 1. The SMILES string of the molecule is C[C@@H]([NH2+]C[C@@H](O)COCc1ccccc1Cl)c1ccc(F)cc1. The zero-order valence-corrected chi connectivity index (χ0v) is 13.8. The Bertz CT molecular complexity index is 606. The number of benzene rings is 2. The molecule has 3 nitrogen and oxygen atoms in total. The standard InChI is InChI=1S/C18H21ClFNO2/c1-13(14-6-8-16(20)9-7-14)21-10-17(22)12-23-11-15-4-2-3-5-18(15)19/h2-9,13,17,21-22H,10-12H2,1H3/p+1/t13-,17-/m1/s1. The van der Waals surface area contributed by atoms with Gasteiger partial charge in [0.2, 0.25) is 0 Å². The molecular formula is C18H22ClFNO2+. The van der Waals surface area contributed by atoms with E-state index in [4.69, 9.17) is 16.3 Å². The lowest BCUT2D eigenvalue weighted by Crippen LogP contribution is -2.87. The zero-order valence-electron chi connectivity index (χ0n) is 13.1. The van der Waals surface area contributed by atoms with Crippen molar-refractivity contribution < 1.29 is 19.6 Å². The summed E-state index contributed by atoms with van der Waals surface area (Å²) < 4.78 is 18.4. The number of hydrogen-bond donors (Lipinski definition) is 2. The summed E-state index contributed by atoms with van der Waals surface area (Å²) in [5.74, 6) is -0.242. The van der Waals surface area contributed by atoms with Crippen molar-refractivity contribution in [1.29, 1.82) is 0 Å². The number of rotatable bonds is 8. The highest BCUT2D eigenvalue weighted by Crippen LogP contribution is 2.15. The van der Waals surface area contributed by atoms with Crippen molar-refractivity contribution in [2.75, 3.05) is 13.2 Å². The summed E-state index contributed by atoms with van der Waals surface area (Å²) in [6.07, 6.45) is -0.569. The van der Waals surface area contributed by atoms with E-state index in [1.807, 2.05) is 36.5 Å². The van der Waals surface area contributed by atoms with Gasteiger partial charge in [-0.1, -0.05) is 41.9 Å². The van der Waals surface area contributed by atoms with Gasteiger partial charge in [0.25, 0.3) is 0 Å². The minimum Gasteiger partial charge on any atom is -0.385 e. The number of ether oxygens (including phenoxy) is 1. The van der Waals surface area contributed by atoms with E-state index in [1.54, 1.807) is 12.1 Å². The average molecular weight is 339 g/mol. The molecule has 5 heteroatoms. The van der Waals surface area contributed by atoms with Gasteiger partial charge in [0.15, 0.2) is 0 Å². The normalized spacial score (nSPS) is 13.7. The molecule has 0 fully saturated rings. The van der Waals surface area contributed by atoms with Crippen LogP contribution in [-0.4, -0.2) is 24.4 Å². The van der Waals surface area contributed by atoms with Gasteiger partial charge in [-0.2, -0.15) is 0 Å². The summed E-state index contributed by atoms with van der Waals surface area (Å²) in [6, 6.07) is 14.0. The van der Waals surface area contributed by atoms with E-state index in [1.165, 1.54) is 12.1 Å². The molecule has 0 amide bonds. The lowest BCUT2D eigenvalue weighted by Gasteiger charge is -2.15. The molecular weight excluding hydrogens is 317 g/mol. The van der Waals surface area contributed by atoms with Crippen LogP contribution in [0.2, 0.25) is 5.02 Å². The second-order valence-electron chi connectivity index (χ2n) is 5.57. The van der Waals surface area contributed by atoms with Crippen molar-refractivity contribution in [1.82, 2.24) is 0 Å². The second kappa shape index (κ2) is 8.99. The highest BCUT2D eigenvalue weighted by molar-refractivity contribution is 6.31. The Labute approximate surface area is 141 Å². The molecule has 0 spiro atoms. The molecule has 2 atom stereocenters. The predicted octanol–water partition coefficient (Wildman–Crippen LogP) is 2.68. The third-order valence-corrected chi connectivity index (χ3v) is 4.05. The van der Waals surface area contributed by atoms with E-state index >= 15 is 0 Å². The molecule has 2 aromatic carbocycles. The third kappa shape index (κ3) is 5.92. The van der Waals surface area contributed by atoms with Gasteiger partial charge < -0.3 is 15.2 Å². The molecule has 0 saturated heterocycles.